The minimum Gasteiger partial charge on any atom is -0.479 e. The molecule has 52 heavy (non-hydrogen) atoms. The highest BCUT2D eigenvalue weighted by Crippen LogP contribution is 2.45. The molecule has 0 bridgehead atoms. The Bertz CT molecular complexity index is 1300. The largest absolute Gasteiger partial charge is 0.479 e. The monoisotopic (exact) mass is 796 g/mol. The van der Waals surface area contributed by atoms with Crippen molar-refractivity contribution in [2.75, 3.05) is 38.4 Å². The van der Waals surface area contributed by atoms with Crippen molar-refractivity contribution in [3.63, 3.8) is 0 Å². The summed E-state index contributed by atoms with van der Waals surface area (Å²) in [6, 6.07) is 0. The van der Waals surface area contributed by atoms with Crippen LogP contribution >= 0.6 is 31.2 Å². The number of rotatable bonds is 31. The lowest BCUT2D eigenvalue weighted by Gasteiger charge is -2.21. The number of imidazole rings is 1. The molecule has 0 saturated carbocycles. The number of hydrogen-bond donors (Lipinski definition) is 2. The van der Waals surface area contributed by atoms with Crippen LogP contribution in [0.1, 0.15) is 136 Å². The molecule has 2 N–H and O–H groups in total. The van der Waals surface area contributed by atoms with Crippen LogP contribution in [0.3, 0.4) is 0 Å². The number of hydrogen-bond acceptors (Lipinski definition) is 11. The molecule has 2 aromatic rings. The summed E-state index contributed by atoms with van der Waals surface area (Å²) in [6.45, 7) is 4.28. The van der Waals surface area contributed by atoms with E-state index < -0.39 is 45.1 Å². The number of ether oxygens (including phenoxy) is 3. The maximum atomic E-state index is 15.3. The van der Waals surface area contributed by atoms with E-state index in [-0.39, 0.29) is 28.9 Å². The number of methoxy groups -OCH3 is 1. The summed E-state index contributed by atoms with van der Waals surface area (Å²) in [6.07, 6.45) is 17.0. The molecule has 3 unspecified atom stereocenters. The SMILES string of the molecule is CCCCCCCCCCCCSCC(COP(=O)(O)OC[C@H]1O[C@@H](n2cnc3c(OC)nc(Cl)nc32)[C@@H](F)C1O)OCCCCCCCCCC. The van der Waals surface area contributed by atoms with Gasteiger partial charge >= 0.3 is 7.82 Å². The molecule has 1 saturated heterocycles. The first kappa shape index (κ1) is 45.3. The lowest BCUT2D eigenvalue weighted by atomic mass is 10.1. The Labute approximate surface area is 319 Å². The molecule has 3 heterocycles. The molecular formula is C36H63ClFN4O8PS. The highest BCUT2D eigenvalue weighted by molar-refractivity contribution is 7.99. The predicted octanol–water partition coefficient (Wildman–Crippen LogP) is 9.40. The first-order valence-corrected chi connectivity index (χ1v) is 22.5. The van der Waals surface area contributed by atoms with Crippen LogP contribution in [0.15, 0.2) is 6.33 Å². The van der Waals surface area contributed by atoms with E-state index in [4.69, 9.17) is 34.9 Å². The Morgan fingerprint density at radius 3 is 2.15 bits per heavy atom. The molecule has 0 amide bonds. The maximum absolute atomic E-state index is 15.3. The lowest BCUT2D eigenvalue weighted by Crippen LogP contribution is -2.31. The number of aliphatic hydroxyl groups is 1. The van der Waals surface area contributed by atoms with E-state index in [0.29, 0.717) is 12.4 Å². The lowest BCUT2D eigenvalue weighted by molar-refractivity contribution is -0.0484. The van der Waals surface area contributed by atoms with E-state index >= 15 is 4.39 Å². The number of alkyl halides is 1. The van der Waals surface area contributed by atoms with Crippen molar-refractivity contribution in [2.24, 2.45) is 0 Å². The quantitative estimate of drug-likeness (QED) is 0.0426. The Morgan fingerprint density at radius 2 is 1.54 bits per heavy atom. The van der Waals surface area contributed by atoms with Crippen molar-refractivity contribution in [1.82, 2.24) is 19.5 Å². The Balaban J connectivity index is 1.43. The first-order valence-electron chi connectivity index (χ1n) is 19.4. The highest BCUT2D eigenvalue weighted by Gasteiger charge is 2.47. The second-order valence-corrected chi connectivity index (χ2v) is 16.6. The minimum absolute atomic E-state index is 0.0956. The van der Waals surface area contributed by atoms with Crippen molar-refractivity contribution >= 4 is 42.3 Å². The van der Waals surface area contributed by atoms with Gasteiger partial charge in [0.15, 0.2) is 23.6 Å². The molecule has 2 aromatic heterocycles. The summed E-state index contributed by atoms with van der Waals surface area (Å²) in [5.74, 6) is 1.71. The number of halogens is 2. The minimum atomic E-state index is -4.59. The fraction of sp³-hybridized carbons (Fsp3) is 0.861. The summed E-state index contributed by atoms with van der Waals surface area (Å²) < 4.78 is 57.0. The van der Waals surface area contributed by atoms with E-state index in [1.165, 1.54) is 114 Å². The zero-order chi connectivity index (χ0) is 37.6. The van der Waals surface area contributed by atoms with Gasteiger partial charge in [-0.25, -0.2) is 13.9 Å². The summed E-state index contributed by atoms with van der Waals surface area (Å²) in [5.41, 5.74) is 0.365. The number of phosphoric acid groups is 1. The summed E-state index contributed by atoms with van der Waals surface area (Å²) in [5, 5.41) is 10.4. The van der Waals surface area contributed by atoms with E-state index in [1.54, 1.807) is 11.8 Å². The average molecular weight is 797 g/mol. The van der Waals surface area contributed by atoms with Crippen molar-refractivity contribution in [1.29, 1.82) is 0 Å². The third-order valence-corrected chi connectivity index (χ3v) is 11.6. The summed E-state index contributed by atoms with van der Waals surface area (Å²) in [4.78, 5) is 22.7. The van der Waals surface area contributed by atoms with E-state index in [1.807, 2.05) is 0 Å². The summed E-state index contributed by atoms with van der Waals surface area (Å²) in [7, 11) is -3.20. The van der Waals surface area contributed by atoms with Gasteiger partial charge in [-0.05, 0) is 30.2 Å². The third-order valence-electron chi connectivity index (χ3n) is 9.25. The molecular weight excluding hydrogens is 734 g/mol. The van der Waals surface area contributed by atoms with Gasteiger partial charge in [-0.2, -0.15) is 21.7 Å². The molecule has 1 aliphatic rings. The third kappa shape index (κ3) is 16.3. The van der Waals surface area contributed by atoms with Crippen molar-refractivity contribution in [3.8, 4) is 5.88 Å². The van der Waals surface area contributed by atoms with Crippen molar-refractivity contribution in [3.05, 3.63) is 11.6 Å². The molecule has 16 heteroatoms. The Hall–Kier alpha value is -1.09. The van der Waals surface area contributed by atoms with Crippen LogP contribution in [-0.2, 0) is 23.1 Å². The van der Waals surface area contributed by atoms with Gasteiger partial charge in [0.25, 0.3) is 0 Å². The van der Waals surface area contributed by atoms with E-state index in [0.717, 1.165) is 25.0 Å². The number of thioether (sulfide) groups is 1. The first-order chi connectivity index (χ1) is 25.2. The molecule has 3 rings (SSSR count). The van der Waals surface area contributed by atoms with Crippen LogP contribution in [0, 0.1) is 0 Å². The van der Waals surface area contributed by atoms with Gasteiger partial charge in [0.05, 0.1) is 32.8 Å². The molecule has 0 spiro atoms. The molecule has 1 aliphatic heterocycles. The van der Waals surface area contributed by atoms with E-state index in [2.05, 4.69) is 28.8 Å². The number of unbranched alkanes of at least 4 members (excludes halogenated alkanes) is 16. The molecule has 1 fully saturated rings. The normalized spacial score (nSPS) is 20.8. The zero-order valence-electron chi connectivity index (χ0n) is 31.5. The fourth-order valence-electron chi connectivity index (χ4n) is 6.18. The van der Waals surface area contributed by atoms with E-state index in [9.17, 15) is 14.6 Å². The second kappa shape index (κ2) is 25.9. The average Bonchev–Trinajstić information content (AvgIpc) is 3.67. The van der Waals surface area contributed by atoms with Crippen LogP contribution in [0.4, 0.5) is 4.39 Å². The standard InChI is InChI=1S/C36H63ClFN4O8PS/c1-4-6-8-10-12-14-15-17-19-21-23-52-26-28(47-22-20-18-16-13-11-9-7-5-2)24-48-51(44,45)49-25-29-32(43)30(38)35(50-29)42-27-39-31-33(42)40-36(37)41-34(31)46-3/h27-30,32,35,43H,4-26H2,1-3H3,(H,44,45)/t28?,29-,30+,32?,35-/m1/s1. The van der Waals surface area contributed by atoms with Crippen LogP contribution in [0.5, 0.6) is 5.88 Å². The van der Waals surface area contributed by atoms with Crippen LogP contribution < -0.4 is 4.74 Å². The summed E-state index contributed by atoms with van der Waals surface area (Å²) >= 11 is 7.76. The van der Waals surface area contributed by atoms with Gasteiger partial charge in [0, 0.05) is 12.4 Å². The van der Waals surface area contributed by atoms with Crippen molar-refractivity contribution < 1.29 is 42.2 Å². The Kier molecular flexibility index (Phi) is 22.6. The smallest absolute Gasteiger partial charge is 0.472 e. The highest BCUT2D eigenvalue weighted by atomic mass is 35.5. The Morgan fingerprint density at radius 1 is 0.942 bits per heavy atom. The molecule has 0 aromatic carbocycles. The zero-order valence-corrected chi connectivity index (χ0v) is 33.9. The van der Waals surface area contributed by atoms with Crippen LogP contribution in [0.25, 0.3) is 11.2 Å². The van der Waals surface area contributed by atoms with Gasteiger partial charge in [-0.1, -0.05) is 117 Å². The van der Waals surface area contributed by atoms with Crippen LogP contribution in [0.2, 0.25) is 5.28 Å². The maximum Gasteiger partial charge on any atom is 0.472 e. The number of phosphoric ester groups is 1. The molecule has 12 nitrogen and oxygen atoms in total. The number of fused-ring (bicyclic) bond motifs is 1. The molecule has 6 atom stereocenters. The molecule has 300 valence electrons. The molecule has 0 aliphatic carbocycles. The second-order valence-electron chi connectivity index (χ2n) is 13.6. The number of aliphatic hydroxyl groups excluding tert-OH is 1. The van der Waals surface area contributed by atoms with Crippen LogP contribution in [-0.4, -0.2) is 92.4 Å². The van der Waals surface area contributed by atoms with Gasteiger partial charge in [-0.3, -0.25) is 13.6 Å². The predicted molar refractivity (Wildman–Crippen MR) is 205 cm³/mol. The topological polar surface area (TPSA) is 147 Å². The van der Waals surface area contributed by atoms with Gasteiger partial charge in [-0.15, -0.1) is 0 Å². The fourth-order valence-corrected chi connectivity index (χ4v) is 8.13. The van der Waals surface area contributed by atoms with Gasteiger partial charge in [0.1, 0.15) is 12.2 Å². The van der Waals surface area contributed by atoms with Crippen molar-refractivity contribution in [2.45, 2.75) is 160 Å². The molecule has 0 radical (unpaired) electrons. The van der Waals surface area contributed by atoms with Gasteiger partial charge < -0.3 is 24.2 Å². The number of nitrogens with zero attached hydrogens (tertiary/aromatic N) is 4. The number of aromatic nitrogens is 4. The van der Waals surface area contributed by atoms with Gasteiger partial charge in [0.2, 0.25) is 11.2 Å².